The molecule has 1 atom stereocenters. The van der Waals surface area contributed by atoms with Crippen molar-refractivity contribution in [2.75, 3.05) is 53.4 Å². The van der Waals surface area contributed by atoms with Gasteiger partial charge in [0.1, 0.15) is 0 Å². The normalized spacial score (nSPS) is 18.2. The molecule has 0 aliphatic carbocycles. The number of hydrogen-bond acceptors (Lipinski definition) is 3. The summed E-state index contributed by atoms with van der Waals surface area (Å²) in [6, 6.07) is 10.4. The van der Waals surface area contributed by atoms with Crippen molar-refractivity contribution < 1.29 is 4.74 Å². The first-order chi connectivity index (χ1) is 12.2. The minimum Gasteiger partial charge on any atom is -0.376 e. The summed E-state index contributed by atoms with van der Waals surface area (Å²) in [4.78, 5) is 9.39. The molecule has 0 saturated carbocycles. The van der Waals surface area contributed by atoms with Crippen LogP contribution < -0.4 is 5.32 Å². The predicted octanol–water partition coefficient (Wildman–Crippen LogP) is 2.44. The average molecular weight is 347 g/mol. The zero-order valence-corrected chi connectivity index (χ0v) is 16.1. The van der Waals surface area contributed by atoms with Crippen molar-refractivity contribution in [2.24, 2.45) is 10.9 Å². The number of hydrogen-bond donors (Lipinski definition) is 1. The van der Waals surface area contributed by atoms with Crippen molar-refractivity contribution in [3.8, 4) is 0 Å². The number of guanidine groups is 1. The molecular weight excluding hydrogens is 312 g/mol. The summed E-state index contributed by atoms with van der Waals surface area (Å²) in [5, 5.41) is 3.44. The van der Waals surface area contributed by atoms with Gasteiger partial charge in [0.2, 0.25) is 0 Å². The van der Waals surface area contributed by atoms with Gasteiger partial charge in [0, 0.05) is 32.1 Å². The molecule has 1 aromatic carbocycles. The average Bonchev–Trinajstić information content (AvgIpc) is 3.07. The van der Waals surface area contributed by atoms with Crippen molar-refractivity contribution in [1.29, 1.82) is 0 Å². The molecule has 1 heterocycles. The molecule has 1 aromatic rings. The van der Waals surface area contributed by atoms with E-state index in [-0.39, 0.29) is 0 Å². The molecule has 0 aromatic heterocycles. The van der Waals surface area contributed by atoms with Gasteiger partial charge in [0.15, 0.2) is 5.96 Å². The lowest BCUT2D eigenvalue weighted by atomic mass is 10.1. The molecule has 25 heavy (non-hydrogen) atoms. The van der Waals surface area contributed by atoms with Crippen LogP contribution in [0.1, 0.15) is 25.3 Å². The quantitative estimate of drug-likeness (QED) is 0.424. The molecule has 0 radical (unpaired) electrons. The summed E-state index contributed by atoms with van der Waals surface area (Å²) in [5.41, 5.74) is 1.24. The highest BCUT2D eigenvalue weighted by molar-refractivity contribution is 5.80. The van der Waals surface area contributed by atoms with Gasteiger partial charge < -0.3 is 19.9 Å². The fourth-order valence-corrected chi connectivity index (χ4v) is 3.08. The Morgan fingerprint density at radius 3 is 2.84 bits per heavy atom. The number of rotatable bonds is 9. The number of benzene rings is 1. The number of nitrogens with one attached hydrogen (secondary N) is 1. The smallest absolute Gasteiger partial charge is 0.193 e. The van der Waals surface area contributed by atoms with E-state index in [0.29, 0.717) is 12.5 Å². The summed E-state index contributed by atoms with van der Waals surface area (Å²) < 4.78 is 5.92. The maximum Gasteiger partial charge on any atom is 0.193 e. The van der Waals surface area contributed by atoms with Crippen LogP contribution in [-0.2, 0) is 11.3 Å². The fourth-order valence-electron chi connectivity index (χ4n) is 3.08. The molecular formula is C20H34N4O. The van der Waals surface area contributed by atoms with Crippen molar-refractivity contribution in [3.05, 3.63) is 35.9 Å². The maximum absolute atomic E-state index is 5.92. The molecule has 1 saturated heterocycles. The molecule has 1 unspecified atom stereocenters. The molecule has 2 rings (SSSR count). The van der Waals surface area contributed by atoms with E-state index in [0.717, 1.165) is 51.7 Å². The first-order valence-corrected chi connectivity index (χ1v) is 9.48. The van der Waals surface area contributed by atoms with Crippen LogP contribution in [0.5, 0.6) is 0 Å². The van der Waals surface area contributed by atoms with E-state index in [2.05, 4.69) is 60.4 Å². The van der Waals surface area contributed by atoms with Crippen LogP contribution in [0.4, 0.5) is 0 Å². The number of aliphatic imine (C=N–C) groups is 1. The van der Waals surface area contributed by atoms with Crippen LogP contribution in [0.3, 0.4) is 0 Å². The summed E-state index contributed by atoms with van der Waals surface area (Å²) >= 11 is 0. The minimum atomic E-state index is 0.592. The van der Waals surface area contributed by atoms with Crippen LogP contribution in [0.15, 0.2) is 35.3 Å². The monoisotopic (exact) mass is 346 g/mol. The summed E-state index contributed by atoms with van der Waals surface area (Å²) in [7, 11) is 4.21. The van der Waals surface area contributed by atoms with E-state index in [1.54, 1.807) is 0 Å². The van der Waals surface area contributed by atoms with Crippen LogP contribution in [0.25, 0.3) is 0 Å². The van der Waals surface area contributed by atoms with Crippen LogP contribution >= 0.6 is 0 Å². The van der Waals surface area contributed by atoms with Crippen molar-refractivity contribution >= 4 is 5.96 Å². The standard InChI is InChI=1S/C20H34N4O/c1-4-21-20(22-12-8-13-23(2)3)24-14-11-19(15-24)17-25-16-18-9-6-5-7-10-18/h5-7,9-10,19H,4,8,11-17H2,1-3H3,(H,21,22). The van der Waals surface area contributed by atoms with Crippen LogP contribution in [0.2, 0.25) is 0 Å². The molecule has 1 fully saturated rings. The predicted molar refractivity (Wildman–Crippen MR) is 105 cm³/mol. The van der Waals surface area contributed by atoms with E-state index in [9.17, 15) is 0 Å². The van der Waals surface area contributed by atoms with Crippen molar-refractivity contribution in [2.45, 2.75) is 26.4 Å². The van der Waals surface area contributed by atoms with Crippen LogP contribution in [0, 0.1) is 5.92 Å². The highest BCUT2D eigenvalue weighted by atomic mass is 16.5. The number of ether oxygens (including phenoxy) is 1. The maximum atomic E-state index is 5.92. The van der Waals surface area contributed by atoms with Gasteiger partial charge in [-0.3, -0.25) is 4.99 Å². The Balaban J connectivity index is 1.73. The Labute approximate surface area is 153 Å². The highest BCUT2D eigenvalue weighted by Gasteiger charge is 2.24. The Bertz CT molecular complexity index is 504. The van der Waals surface area contributed by atoms with Gasteiger partial charge in [-0.1, -0.05) is 30.3 Å². The van der Waals surface area contributed by atoms with E-state index in [1.807, 2.05) is 6.07 Å². The second-order valence-electron chi connectivity index (χ2n) is 6.99. The van der Waals surface area contributed by atoms with Crippen molar-refractivity contribution in [1.82, 2.24) is 15.1 Å². The van der Waals surface area contributed by atoms with E-state index in [4.69, 9.17) is 9.73 Å². The first kappa shape index (κ1) is 19.7. The van der Waals surface area contributed by atoms with Gasteiger partial charge >= 0.3 is 0 Å². The zero-order valence-electron chi connectivity index (χ0n) is 16.1. The third-order valence-electron chi connectivity index (χ3n) is 4.41. The minimum absolute atomic E-state index is 0.592. The van der Waals surface area contributed by atoms with Gasteiger partial charge in [-0.2, -0.15) is 0 Å². The highest BCUT2D eigenvalue weighted by Crippen LogP contribution is 2.17. The molecule has 5 heteroatoms. The van der Waals surface area contributed by atoms with Gasteiger partial charge in [-0.15, -0.1) is 0 Å². The lowest BCUT2D eigenvalue weighted by Crippen LogP contribution is -2.40. The lowest BCUT2D eigenvalue weighted by Gasteiger charge is -2.22. The number of nitrogens with zero attached hydrogens (tertiary/aromatic N) is 3. The summed E-state index contributed by atoms with van der Waals surface area (Å²) in [6.45, 7) is 8.64. The summed E-state index contributed by atoms with van der Waals surface area (Å²) in [5.74, 6) is 1.65. The molecule has 1 aliphatic heterocycles. The summed E-state index contributed by atoms with van der Waals surface area (Å²) in [6.07, 6.45) is 2.27. The van der Waals surface area contributed by atoms with Gasteiger partial charge in [-0.25, -0.2) is 0 Å². The third-order valence-corrected chi connectivity index (χ3v) is 4.41. The Hall–Kier alpha value is -1.59. The van der Waals surface area contributed by atoms with Gasteiger partial charge in [-0.05, 0) is 46.0 Å². The second kappa shape index (κ2) is 11.1. The largest absolute Gasteiger partial charge is 0.376 e. The van der Waals surface area contributed by atoms with Crippen LogP contribution in [-0.4, -0.2) is 69.2 Å². The Kier molecular flexibility index (Phi) is 8.77. The topological polar surface area (TPSA) is 40.1 Å². The van der Waals surface area contributed by atoms with Gasteiger partial charge in [0.05, 0.1) is 13.2 Å². The fraction of sp³-hybridized carbons (Fsp3) is 0.650. The molecule has 0 amide bonds. The Morgan fingerprint density at radius 1 is 1.32 bits per heavy atom. The Morgan fingerprint density at radius 2 is 2.12 bits per heavy atom. The second-order valence-corrected chi connectivity index (χ2v) is 6.99. The molecule has 140 valence electrons. The number of likely N-dealkylation sites (tertiary alicyclic amines) is 1. The molecule has 5 nitrogen and oxygen atoms in total. The third kappa shape index (κ3) is 7.45. The van der Waals surface area contributed by atoms with E-state index < -0.39 is 0 Å². The first-order valence-electron chi connectivity index (χ1n) is 9.48. The van der Waals surface area contributed by atoms with Gasteiger partial charge in [0.25, 0.3) is 0 Å². The SMILES string of the molecule is CCNC(=NCCCN(C)C)N1CCC(COCc2ccccc2)C1. The molecule has 0 spiro atoms. The zero-order chi connectivity index (χ0) is 17.9. The molecule has 0 bridgehead atoms. The molecule has 1 aliphatic rings. The molecule has 1 N–H and O–H groups in total. The lowest BCUT2D eigenvalue weighted by molar-refractivity contribution is 0.0907. The van der Waals surface area contributed by atoms with Crippen molar-refractivity contribution in [3.63, 3.8) is 0 Å². The van der Waals surface area contributed by atoms with E-state index >= 15 is 0 Å². The van der Waals surface area contributed by atoms with E-state index in [1.165, 1.54) is 12.0 Å².